The van der Waals surface area contributed by atoms with E-state index in [2.05, 4.69) is 11.4 Å². The molecule has 0 aliphatic carbocycles. The van der Waals surface area contributed by atoms with Crippen LogP contribution in [-0.4, -0.2) is 31.5 Å². The number of ether oxygens (including phenoxy) is 1. The molecule has 2 atom stereocenters. The predicted octanol–water partition coefficient (Wildman–Crippen LogP) is 1.22. The molecule has 2 N–H and O–H groups in total. The van der Waals surface area contributed by atoms with E-state index in [4.69, 9.17) is 10.00 Å². The number of hydrogen-bond acceptors (Lipinski definition) is 4. The van der Waals surface area contributed by atoms with Crippen LogP contribution in [0.3, 0.4) is 0 Å². The first-order valence-corrected chi connectivity index (χ1v) is 5.57. The van der Waals surface area contributed by atoms with Crippen LogP contribution in [-0.2, 0) is 4.74 Å². The fourth-order valence-electron chi connectivity index (χ4n) is 1.56. The summed E-state index contributed by atoms with van der Waals surface area (Å²) in [5, 5.41) is 21.5. The fraction of sp³-hybridized carbons (Fsp3) is 0.462. The van der Waals surface area contributed by atoms with E-state index in [1.807, 2.05) is 25.1 Å². The number of nitrogens with zero attached hydrogens (tertiary/aromatic N) is 1. The van der Waals surface area contributed by atoms with Gasteiger partial charge in [-0.15, -0.1) is 0 Å². The first-order valence-electron chi connectivity index (χ1n) is 5.57. The molecule has 4 nitrogen and oxygen atoms in total. The van der Waals surface area contributed by atoms with Crippen molar-refractivity contribution in [1.82, 2.24) is 5.32 Å². The van der Waals surface area contributed by atoms with Crippen molar-refractivity contribution < 1.29 is 9.84 Å². The maximum Gasteiger partial charge on any atom is 0.0991 e. The zero-order valence-electron chi connectivity index (χ0n) is 10.2. The molecule has 0 radical (unpaired) electrons. The Morgan fingerprint density at radius 2 is 2.29 bits per heavy atom. The van der Waals surface area contributed by atoms with Crippen LogP contribution in [0.4, 0.5) is 0 Å². The number of methoxy groups -OCH3 is 1. The largest absolute Gasteiger partial charge is 0.389 e. The molecule has 0 aliphatic rings. The highest BCUT2D eigenvalue weighted by Gasteiger charge is 2.08. The third-order valence-electron chi connectivity index (χ3n) is 2.53. The second-order valence-electron chi connectivity index (χ2n) is 3.98. The Kier molecular flexibility index (Phi) is 5.64. The maximum atomic E-state index is 9.51. The summed E-state index contributed by atoms with van der Waals surface area (Å²) in [6, 6.07) is 9.64. The van der Waals surface area contributed by atoms with Gasteiger partial charge < -0.3 is 15.2 Å². The summed E-state index contributed by atoms with van der Waals surface area (Å²) < 4.78 is 4.85. The van der Waals surface area contributed by atoms with Gasteiger partial charge in [0.2, 0.25) is 0 Å². The molecule has 1 rings (SSSR count). The number of hydrogen-bond donors (Lipinski definition) is 2. The van der Waals surface area contributed by atoms with Crippen LogP contribution >= 0.6 is 0 Å². The summed E-state index contributed by atoms with van der Waals surface area (Å²) in [5.74, 6) is 0. The minimum Gasteiger partial charge on any atom is -0.389 e. The van der Waals surface area contributed by atoms with Crippen molar-refractivity contribution in [1.29, 1.82) is 5.26 Å². The van der Waals surface area contributed by atoms with Crippen molar-refractivity contribution in [3.05, 3.63) is 35.4 Å². The molecule has 17 heavy (non-hydrogen) atoms. The van der Waals surface area contributed by atoms with Crippen LogP contribution < -0.4 is 5.32 Å². The summed E-state index contributed by atoms with van der Waals surface area (Å²) in [6.45, 7) is 2.78. The minimum atomic E-state index is -0.512. The van der Waals surface area contributed by atoms with Crippen LogP contribution in [0.2, 0.25) is 0 Å². The number of aliphatic hydroxyl groups is 1. The second kappa shape index (κ2) is 7.02. The molecule has 0 saturated heterocycles. The molecule has 92 valence electrons. The molecule has 2 unspecified atom stereocenters. The monoisotopic (exact) mass is 234 g/mol. The molecule has 0 fully saturated rings. The van der Waals surface area contributed by atoms with Crippen LogP contribution in [0.25, 0.3) is 0 Å². The van der Waals surface area contributed by atoms with Crippen LogP contribution in [0.15, 0.2) is 24.3 Å². The summed E-state index contributed by atoms with van der Waals surface area (Å²) in [7, 11) is 1.56. The van der Waals surface area contributed by atoms with Crippen LogP contribution in [0, 0.1) is 11.3 Å². The van der Waals surface area contributed by atoms with Gasteiger partial charge in [0, 0.05) is 19.7 Å². The lowest BCUT2D eigenvalue weighted by Gasteiger charge is -2.17. The van der Waals surface area contributed by atoms with Gasteiger partial charge in [-0.1, -0.05) is 12.1 Å². The van der Waals surface area contributed by atoms with E-state index in [0.29, 0.717) is 18.7 Å². The van der Waals surface area contributed by atoms with Gasteiger partial charge in [-0.05, 0) is 24.6 Å². The third kappa shape index (κ3) is 4.53. The summed E-state index contributed by atoms with van der Waals surface area (Å²) in [5.41, 5.74) is 1.68. The Bertz CT molecular complexity index is 387. The van der Waals surface area contributed by atoms with E-state index >= 15 is 0 Å². The molecule has 1 aromatic carbocycles. The number of nitrogens with one attached hydrogen (secondary N) is 1. The lowest BCUT2D eigenvalue weighted by Crippen LogP contribution is -2.31. The summed E-state index contributed by atoms with van der Waals surface area (Å²) >= 11 is 0. The Balaban J connectivity index is 2.52. The van der Waals surface area contributed by atoms with E-state index < -0.39 is 6.10 Å². The standard InChI is InChI=1S/C13H18N2O2/c1-10(15-8-13(16)9-17-2)12-5-3-4-11(6-12)7-14/h3-6,10,13,15-16H,8-9H2,1-2H3. The maximum absolute atomic E-state index is 9.51. The van der Waals surface area contributed by atoms with Gasteiger partial charge in [0.25, 0.3) is 0 Å². The van der Waals surface area contributed by atoms with Crippen LogP contribution in [0.5, 0.6) is 0 Å². The lowest BCUT2D eigenvalue weighted by molar-refractivity contribution is 0.0630. The molecule has 0 heterocycles. The van der Waals surface area contributed by atoms with Gasteiger partial charge in [0.15, 0.2) is 0 Å². The highest BCUT2D eigenvalue weighted by atomic mass is 16.5. The number of aliphatic hydroxyl groups excluding tert-OH is 1. The Morgan fingerprint density at radius 1 is 1.53 bits per heavy atom. The van der Waals surface area contributed by atoms with Gasteiger partial charge in [-0.3, -0.25) is 0 Å². The van der Waals surface area contributed by atoms with E-state index in [0.717, 1.165) is 5.56 Å². The molecule has 0 aromatic heterocycles. The average molecular weight is 234 g/mol. The molecule has 0 aliphatic heterocycles. The first kappa shape index (κ1) is 13.7. The van der Waals surface area contributed by atoms with E-state index in [1.165, 1.54) is 0 Å². The zero-order chi connectivity index (χ0) is 12.7. The van der Waals surface area contributed by atoms with Gasteiger partial charge in [0.1, 0.15) is 0 Å². The Morgan fingerprint density at radius 3 is 2.94 bits per heavy atom. The van der Waals surface area contributed by atoms with E-state index in [-0.39, 0.29) is 6.04 Å². The smallest absolute Gasteiger partial charge is 0.0991 e. The molecule has 4 heteroatoms. The molecule has 0 spiro atoms. The quantitative estimate of drug-likeness (QED) is 0.776. The van der Waals surface area contributed by atoms with Crippen molar-refractivity contribution in [3.63, 3.8) is 0 Å². The molecular weight excluding hydrogens is 216 g/mol. The Hall–Kier alpha value is -1.41. The molecule has 1 aromatic rings. The van der Waals surface area contributed by atoms with E-state index in [1.54, 1.807) is 13.2 Å². The van der Waals surface area contributed by atoms with Crippen molar-refractivity contribution >= 4 is 0 Å². The number of nitriles is 1. The normalized spacial score (nSPS) is 14.0. The lowest BCUT2D eigenvalue weighted by atomic mass is 10.1. The zero-order valence-corrected chi connectivity index (χ0v) is 10.2. The number of rotatable bonds is 6. The van der Waals surface area contributed by atoms with Gasteiger partial charge >= 0.3 is 0 Å². The molecule has 0 amide bonds. The van der Waals surface area contributed by atoms with Gasteiger partial charge in [0.05, 0.1) is 24.3 Å². The SMILES string of the molecule is COCC(O)CNC(C)c1cccc(C#N)c1. The Labute approximate surface area is 102 Å². The highest BCUT2D eigenvalue weighted by molar-refractivity contribution is 5.33. The summed E-state index contributed by atoms with van der Waals surface area (Å²) in [4.78, 5) is 0. The van der Waals surface area contributed by atoms with Crippen LogP contribution in [0.1, 0.15) is 24.1 Å². The summed E-state index contributed by atoms with van der Waals surface area (Å²) in [6.07, 6.45) is -0.512. The molecule has 0 saturated carbocycles. The van der Waals surface area contributed by atoms with Crippen molar-refractivity contribution in [2.45, 2.75) is 19.1 Å². The highest BCUT2D eigenvalue weighted by Crippen LogP contribution is 2.13. The fourth-order valence-corrected chi connectivity index (χ4v) is 1.56. The number of benzene rings is 1. The topological polar surface area (TPSA) is 65.3 Å². The van der Waals surface area contributed by atoms with Gasteiger partial charge in [-0.25, -0.2) is 0 Å². The van der Waals surface area contributed by atoms with Gasteiger partial charge in [-0.2, -0.15) is 5.26 Å². The van der Waals surface area contributed by atoms with Crippen molar-refractivity contribution in [3.8, 4) is 6.07 Å². The molecule has 0 bridgehead atoms. The predicted molar refractivity (Wildman–Crippen MR) is 65.5 cm³/mol. The first-order chi connectivity index (χ1) is 8.17. The molecular formula is C13H18N2O2. The van der Waals surface area contributed by atoms with Crippen molar-refractivity contribution in [2.75, 3.05) is 20.3 Å². The third-order valence-corrected chi connectivity index (χ3v) is 2.53. The average Bonchev–Trinajstić information content (AvgIpc) is 2.36. The second-order valence-corrected chi connectivity index (χ2v) is 3.98. The van der Waals surface area contributed by atoms with E-state index in [9.17, 15) is 5.11 Å². The van der Waals surface area contributed by atoms with Crippen molar-refractivity contribution in [2.24, 2.45) is 0 Å². The minimum absolute atomic E-state index is 0.0924.